The number of hydrogen-bond donors (Lipinski definition) is 1. The SMILES string of the molecule is CCC(C(O)c1ccccc1)n1ccnc1C(C)C. The van der Waals surface area contributed by atoms with Crippen LogP contribution in [0.4, 0.5) is 0 Å². The molecule has 2 unspecified atom stereocenters. The lowest BCUT2D eigenvalue weighted by molar-refractivity contribution is 0.108. The van der Waals surface area contributed by atoms with E-state index in [2.05, 4.69) is 30.3 Å². The molecule has 3 heteroatoms. The van der Waals surface area contributed by atoms with Gasteiger partial charge in [-0.1, -0.05) is 51.1 Å². The first-order valence-corrected chi connectivity index (χ1v) is 6.90. The predicted octanol–water partition coefficient (Wildman–Crippen LogP) is 3.69. The molecule has 2 rings (SSSR count). The van der Waals surface area contributed by atoms with E-state index in [1.54, 1.807) is 0 Å². The normalized spacial score (nSPS) is 14.6. The summed E-state index contributed by atoms with van der Waals surface area (Å²) in [6.07, 6.45) is 4.15. The second kappa shape index (κ2) is 6.02. The monoisotopic (exact) mass is 258 g/mol. The van der Waals surface area contributed by atoms with Crippen LogP contribution in [0.2, 0.25) is 0 Å². The first kappa shape index (κ1) is 13.8. The molecule has 3 nitrogen and oxygen atoms in total. The summed E-state index contributed by atoms with van der Waals surface area (Å²) in [6.45, 7) is 6.35. The smallest absolute Gasteiger partial charge is 0.111 e. The number of benzene rings is 1. The van der Waals surface area contributed by atoms with Crippen LogP contribution in [-0.4, -0.2) is 14.7 Å². The maximum Gasteiger partial charge on any atom is 0.111 e. The van der Waals surface area contributed by atoms with Crippen molar-refractivity contribution in [1.29, 1.82) is 0 Å². The summed E-state index contributed by atoms with van der Waals surface area (Å²) in [5, 5.41) is 10.6. The summed E-state index contributed by atoms with van der Waals surface area (Å²) in [4.78, 5) is 4.41. The highest BCUT2D eigenvalue weighted by Gasteiger charge is 2.23. The number of aromatic nitrogens is 2. The largest absolute Gasteiger partial charge is 0.386 e. The molecule has 0 aliphatic heterocycles. The summed E-state index contributed by atoms with van der Waals surface area (Å²) in [5.41, 5.74) is 0.956. The number of hydrogen-bond acceptors (Lipinski definition) is 2. The van der Waals surface area contributed by atoms with Crippen molar-refractivity contribution in [3.8, 4) is 0 Å². The lowest BCUT2D eigenvalue weighted by Crippen LogP contribution is -2.19. The van der Waals surface area contributed by atoms with E-state index in [1.807, 2.05) is 42.7 Å². The summed E-state index contributed by atoms with van der Waals surface area (Å²) in [5.74, 6) is 1.38. The zero-order chi connectivity index (χ0) is 13.8. The molecule has 102 valence electrons. The molecule has 1 aromatic carbocycles. The molecule has 0 saturated heterocycles. The van der Waals surface area contributed by atoms with Gasteiger partial charge >= 0.3 is 0 Å². The molecule has 0 aliphatic rings. The van der Waals surface area contributed by atoms with Crippen molar-refractivity contribution in [3.63, 3.8) is 0 Å². The molecular formula is C16H22N2O. The van der Waals surface area contributed by atoms with Crippen LogP contribution in [0.25, 0.3) is 0 Å². The molecule has 0 fully saturated rings. The van der Waals surface area contributed by atoms with Gasteiger partial charge in [-0.15, -0.1) is 0 Å². The standard InChI is InChI=1S/C16H22N2O/c1-4-14(15(19)13-8-6-5-7-9-13)18-11-10-17-16(18)12(2)3/h5-12,14-15,19H,4H2,1-3H3. The molecule has 19 heavy (non-hydrogen) atoms. The lowest BCUT2D eigenvalue weighted by Gasteiger charge is -2.26. The Bertz CT molecular complexity index is 504. The Hall–Kier alpha value is -1.61. The minimum absolute atomic E-state index is 0.0299. The minimum atomic E-state index is -0.502. The van der Waals surface area contributed by atoms with E-state index >= 15 is 0 Å². The lowest BCUT2D eigenvalue weighted by atomic mass is 9.99. The van der Waals surface area contributed by atoms with E-state index in [0.717, 1.165) is 17.8 Å². The topological polar surface area (TPSA) is 38.0 Å². The molecule has 0 aliphatic carbocycles. The summed E-state index contributed by atoms with van der Waals surface area (Å²) in [7, 11) is 0. The molecule has 0 spiro atoms. The molecule has 1 heterocycles. The Morgan fingerprint density at radius 3 is 2.47 bits per heavy atom. The second-order valence-corrected chi connectivity index (χ2v) is 5.18. The van der Waals surface area contributed by atoms with Crippen LogP contribution in [-0.2, 0) is 0 Å². The van der Waals surface area contributed by atoms with Gasteiger partial charge in [0.15, 0.2) is 0 Å². The van der Waals surface area contributed by atoms with Gasteiger partial charge < -0.3 is 9.67 Å². The van der Waals surface area contributed by atoms with Crippen LogP contribution in [0.5, 0.6) is 0 Å². The quantitative estimate of drug-likeness (QED) is 0.888. The molecule has 2 aromatic rings. The Morgan fingerprint density at radius 2 is 1.89 bits per heavy atom. The van der Waals surface area contributed by atoms with Gasteiger partial charge in [-0.25, -0.2) is 4.98 Å². The molecule has 1 N–H and O–H groups in total. The van der Waals surface area contributed by atoms with E-state index < -0.39 is 6.10 Å². The van der Waals surface area contributed by atoms with E-state index in [-0.39, 0.29) is 6.04 Å². The summed E-state index contributed by atoms with van der Waals surface area (Å²) in [6, 6.07) is 9.86. The van der Waals surface area contributed by atoms with Crippen molar-refractivity contribution in [3.05, 3.63) is 54.1 Å². The average molecular weight is 258 g/mol. The third-order valence-electron chi connectivity index (χ3n) is 3.50. The zero-order valence-electron chi connectivity index (χ0n) is 11.8. The second-order valence-electron chi connectivity index (χ2n) is 5.18. The van der Waals surface area contributed by atoms with Crippen molar-refractivity contribution in [2.45, 2.75) is 45.3 Å². The number of nitrogens with zero attached hydrogens (tertiary/aromatic N) is 2. The maximum atomic E-state index is 10.6. The molecule has 0 radical (unpaired) electrons. The van der Waals surface area contributed by atoms with Crippen molar-refractivity contribution in [1.82, 2.24) is 9.55 Å². The Kier molecular flexibility index (Phi) is 4.38. The third kappa shape index (κ3) is 2.87. The predicted molar refractivity (Wildman–Crippen MR) is 77.0 cm³/mol. The van der Waals surface area contributed by atoms with Gasteiger partial charge in [0.25, 0.3) is 0 Å². The van der Waals surface area contributed by atoms with Gasteiger partial charge in [0.05, 0.1) is 12.1 Å². The third-order valence-corrected chi connectivity index (χ3v) is 3.50. The van der Waals surface area contributed by atoms with E-state index in [9.17, 15) is 5.11 Å². The first-order valence-electron chi connectivity index (χ1n) is 6.90. The maximum absolute atomic E-state index is 10.6. The Labute approximate surface area is 114 Å². The highest BCUT2D eigenvalue weighted by atomic mass is 16.3. The van der Waals surface area contributed by atoms with Crippen molar-refractivity contribution < 1.29 is 5.11 Å². The Balaban J connectivity index is 2.32. The number of rotatable bonds is 5. The van der Waals surface area contributed by atoms with Gasteiger partial charge in [-0.2, -0.15) is 0 Å². The number of aliphatic hydroxyl groups is 1. The van der Waals surface area contributed by atoms with Gasteiger partial charge in [0, 0.05) is 18.3 Å². The highest BCUT2D eigenvalue weighted by Crippen LogP contribution is 2.31. The van der Waals surface area contributed by atoms with Crippen molar-refractivity contribution in [2.24, 2.45) is 0 Å². The van der Waals surface area contributed by atoms with Crippen LogP contribution in [0.3, 0.4) is 0 Å². The van der Waals surface area contributed by atoms with Crippen molar-refractivity contribution in [2.75, 3.05) is 0 Å². The van der Waals surface area contributed by atoms with E-state index in [0.29, 0.717) is 5.92 Å². The molecular weight excluding hydrogens is 236 g/mol. The van der Waals surface area contributed by atoms with Gasteiger partial charge in [-0.05, 0) is 12.0 Å². The fourth-order valence-electron chi connectivity index (χ4n) is 2.50. The summed E-state index contributed by atoms with van der Waals surface area (Å²) < 4.78 is 2.11. The zero-order valence-corrected chi connectivity index (χ0v) is 11.8. The molecule has 0 amide bonds. The Morgan fingerprint density at radius 1 is 1.21 bits per heavy atom. The molecule has 0 bridgehead atoms. The average Bonchev–Trinajstić information content (AvgIpc) is 2.90. The van der Waals surface area contributed by atoms with Crippen LogP contribution in [0, 0.1) is 0 Å². The van der Waals surface area contributed by atoms with Crippen LogP contribution >= 0.6 is 0 Å². The fraction of sp³-hybridized carbons (Fsp3) is 0.438. The van der Waals surface area contributed by atoms with Gasteiger partial charge in [-0.3, -0.25) is 0 Å². The highest BCUT2D eigenvalue weighted by molar-refractivity contribution is 5.19. The van der Waals surface area contributed by atoms with Gasteiger partial charge in [0.1, 0.15) is 5.82 Å². The fourth-order valence-corrected chi connectivity index (χ4v) is 2.50. The number of aliphatic hydroxyl groups excluding tert-OH is 1. The van der Waals surface area contributed by atoms with E-state index in [1.165, 1.54) is 0 Å². The molecule has 2 atom stereocenters. The van der Waals surface area contributed by atoms with Crippen LogP contribution in [0.1, 0.15) is 56.6 Å². The summed E-state index contributed by atoms with van der Waals surface area (Å²) >= 11 is 0. The van der Waals surface area contributed by atoms with Gasteiger partial charge in [0.2, 0.25) is 0 Å². The number of imidazole rings is 1. The molecule has 0 saturated carbocycles. The molecule has 1 aromatic heterocycles. The van der Waals surface area contributed by atoms with Crippen LogP contribution in [0.15, 0.2) is 42.7 Å². The van der Waals surface area contributed by atoms with E-state index in [4.69, 9.17) is 0 Å². The minimum Gasteiger partial charge on any atom is -0.386 e. The first-order chi connectivity index (χ1) is 9.15. The van der Waals surface area contributed by atoms with Crippen LogP contribution < -0.4 is 0 Å². The van der Waals surface area contributed by atoms with Crippen molar-refractivity contribution >= 4 is 0 Å².